The van der Waals surface area contributed by atoms with Crippen LogP contribution in [0.3, 0.4) is 0 Å². The summed E-state index contributed by atoms with van der Waals surface area (Å²) < 4.78 is 1.01. The van der Waals surface area contributed by atoms with E-state index >= 15 is 0 Å². The van der Waals surface area contributed by atoms with Gasteiger partial charge in [0.15, 0.2) is 0 Å². The molecule has 0 atom stereocenters. The molecule has 110 valence electrons. The molecule has 1 amide bonds. The fraction of sp³-hybridized carbons (Fsp3) is 0.267. The largest absolute Gasteiger partial charge is 0.352 e. The normalized spacial score (nSPS) is 10.2. The number of unbranched alkanes of at least 4 members (excludes halogenated alkanes) is 1. The summed E-state index contributed by atoms with van der Waals surface area (Å²) in [6.45, 7) is 2.76. The summed E-state index contributed by atoms with van der Waals surface area (Å²) in [5.74, 6) is 0.320. The fourth-order valence-corrected chi connectivity index (χ4v) is 1.92. The van der Waals surface area contributed by atoms with Gasteiger partial charge in [-0.05, 0) is 30.7 Å². The second-order valence-corrected chi connectivity index (χ2v) is 5.45. The molecule has 2 aromatic rings. The minimum Gasteiger partial charge on any atom is -0.352 e. The molecule has 1 aromatic heterocycles. The van der Waals surface area contributed by atoms with Crippen molar-refractivity contribution in [3.63, 3.8) is 0 Å². The number of hydrogen-bond acceptors (Lipinski definition) is 4. The van der Waals surface area contributed by atoms with Gasteiger partial charge in [-0.1, -0.05) is 29.3 Å². The third-order valence-corrected chi connectivity index (χ3v) is 3.36. The smallest absolute Gasteiger partial charge is 0.254 e. The molecule has 1 heterocycles. The summed E-state index contributed by atoms with van der Waals surface area (Å²) in [4.78, 5) is 20.1. The molecule has 0 radical (unpaired) electrons. The third-order valence-electron chi connectivity index (χ3n) is 2.83. The lowest BCUT2D eigenvalue weighted by molar-refractivity contribution is 0.0952. The average molecular weight is 349 g/mol. The Morgan fingerprint density at radius 3 is 2.48 bits per heavy atom. The number of rotatable bonds is 6. The molecule has 1 aromatic carbocycles. The molecule has 21 heavy (non-hydrogen) atoms. The van der Waals surface area contributed by atoms with Crippen molar-refractivity contribution in [3.8, 4) is 0 Å². The number of benzene rings is 1. The first kappa shape index (κ1) is 15.4. The second kappa shape index (κ2) is 7.73. The number of carbonyl (C=O) groups excluding carboxylic acids is 1. The zero-order valence-electron chi connectivity index (χ0n) is 11.8. The number of nitrogens with zero attached hydrogens (tertiary/aromatic N) is 2. The van der Waals surface area contributed by atoms with E-state index in [1.165, 1.54) is 12.4 Å². The van der Waals surface area contributed by atoms with Crippen LogP contribution in [0, 0.1) is 0 Å². The molecule has 0 aliphatic heterocycles. The first-order valence-electron chi connectivity index (χ1n) is 6.82. The van der Waals surface area contributed by atoms with Gasteiger partial charge in [-0.15, -0.1) is 0 Å². The lowest BCUT2D eigenvalue weighted by Crippen LogP contribution is -2.24. The number of nitrogens with one attached hydrogen (secondary N) is 2. The van der Waals surface area contributed by atoms with Crippen LogP contribution in [-0.2, 0) is 0 Å². The van der Waals surface area contributed by atoms with Crippen LogP contribution in [-0.4, -0.2) is 22.4 Å². The van der Waals surface area contributed by atoms with E-state index < -0.39 is 0 Å². The Kier molecular flexibility index (Phi) is 5.68. The molecule has 0 saturated heterocycles. The van der Waals surface area contributed by atoms with E-state index in [0.717, 1.165) is 23.0 Å². The van der Waals surface area contributed by atoms with Crippen LogP contribution in [0.25, 0.3) is 0 Å². The average Bonchev–Trinajstić information content (AvgIpc) is 2.50. The second-order valence-electron chi connectivity index (χ2n) is 4.54. The Bertz CT molecular complexity index is 584. The van der Waals surface area contributed by atoms with Gasteiger partial charge in [0.2, 0.25) is 5.95 Å². The van der Waals surface area contributed by atoms with E-state index in [1.54, 1.807) is 0 Å². The summed E-state index contributed by atoms with van der Waals surface area (Å²) in [7, 11) is 0. The molecular formula is C15H17BrN4O. The van der Waals surface area contributed by atoms with Gasteiger partial charge >= 0.3 is 0 Å². The Balaban J connectivity index is 1.95. The monoisotopic (exact) mass is 348 g/mol. The van der Waals surface area contributed by atoms with Crippen molar-refractivity contribution in [3.05, 3.63) is 46.7 Å². The maximum absolute atomic E-state index is 11.8. The molecule has 2 N–H and O–H groups in total. The van der Waals surface area contributed by atoms with Crippen molar-refractivity contribution in [1.29, 1.82) is 0 Å². The van der Waals surface area contributed by atoms with Crippen LogP contribution < -0.4 is 10.6 Å². The van der Waals surface area contributed by atoms with E-state index in [1.807, 2.05) is 24.3 Å². The van der Waals surface area contributed by atoms with E-state index in [-0.39, 0.29) is 5.91 Å². The van der Waals surface area contributed by atoms with Gasteiger partial charge in [0, 0.05) is 29.1 Å². The van der Waals surface area contributed by atoms with Gasteiger partial charge in [-0.3, -0.25) is 4.79 Å². The molecule has 0 unspecified atom stereocenters. The van der Waals surface area contributed by atoms with Gasteiger partial charge in [-0.25, -0.2) is 9.97 Å². The molecule has 0 fully saturated rings. The van der Waals surface area contributed by atoms with E-state index in [2.05, 4.69) is 43.5 Å². The van der Waals surface area contributed by atoms with Gasteiger partial charge in [0.25, 0.3) is 5.91 Å². The summed E-state index contributed by atoms with van der Waals surface area (Å²) in [6.07, 6.45) is 5.06. The highest BCUT2D eigenvalue weighted by molar-refractivity contribution is 9.10. The van der Waals surface area contributed by atoms with Crippen LogP contribution in [0.5, 0.6) is 0 Å². The molecule has 0 bridgehead atoms. The molecule has 0 aliphatic carbocycles. The predicted octanol–water partition coefficient (Wildman–Crippen LogP) is 3.51. The molecule has 2 rings (SSSR count). The van der Waals surface area contributed by atoms with Crippen LogP contribution in [0.2, 0.25) is 0 Å². The van der Waals surface area contributed by atoms with Crippen molar-refractivity contribution < 1.29 is 4.79 Å². The molecule has 6 heteroatoms. The lowest BCUT2D eigenvalue weighted by Gasteiger charge is -2.06. The number of hydrogen-bond donors (Lipinski definition) is 2. The summed E-state index contributed by atoms with van der Waals surface area (Å²) in [6, 6.07) is 7.69. The number of amides is 1. The Labute approximate surface area is 132 Å². The maximum Gasteiger partial charge on any atom is 0.254 e. The first-order chi connectivity index (χ1) is 10.2. The topological polar surface area (TPSA) is 66.9 Å². The number of aromatic nitrogens is 2. The predicted molar refractivity (Wildman–Crippen MR) is 86.7 cm³/mol. The Hall–Kier alpha value is -1.95. The quantitative estimate of drug-likeness (QED) is 0.784. The zero-order valence-corrected chi connectivity index (χ0v) is 13.4. The number of anilines is 2. The summed E-state index contributed by atoms with van der Waals surface area (Å²) >= 11 is 3.38. The minimum absolute atomic E-state index is 0.140. The summed E-state index contributed by atoms with van der Waals surface area (Å²) in [5, 5.41) is 5.91. The van der Waals surface area contributed by atoms with Crippen molar-refractivity contribution in [2.24, 2.45) is 0 Å². The Morgan fingerprint density at radius 1 is 1.19 bits per heavy atom. The van der Waals surface area contributed by atoms with Gasteiger partial charge in [0.05, 0.1) is 5.56 Å². The van der Waals surface area contributed by atoms with Crippen LogP contribution >= 0.6 is 15.9 Å². The van der Waals surface area contributed by atoms with Crippen LogP contribution in [0.1, 0.15) is 30.1 Å². The highest BCUT2D eigenvalue weighted by atomic mass is 79.9. The molecule has 0 spiro atoms. The van der Waals surface area contributed by atoms with Crippen molar-refractivity contribution >= 4 is 33.5 Å². The number of carbonyl (C=O) groups is 1. The Morgan fingerprint density at radius 2 is 1.86 bits per heavy atom. The number of halogens is 1. The van der Waals surface area contributed by atoms with E-state index in [4.69, 9.17) is 0 Å². The standard InChI is InChI=1S/C15H17BrN4O/c1-2-3-8-17-14(21)11-9-18-15(19-10-11)20-13-6-4-12(16)5-7-13/h4-7,9-10H,2-3,8H2,1H3,(H,17,21)(H,18,19,20). The van der Waals surface area contributed by atoms with Crippen molar-refractivity contribution in [1.82, 2.24) is 15.3 Å². The van der Waals surface area contributed by atoms with Crippen molar-refractivity contribution in [2.75, 3.05) is 11.9 Å². The summed E-state index contributed by atoms with van der Waals surface area (Å²) in [5.41, 5.74) is 1.35. The third kappa shape index (κ3) is 4.82. The van der Waals surface area contributed by atoms with E-state index in [0.29, 0.717) is 18.1 Å². The van der Waals surface area contributed by atoms with E-state index in [9.17, 15) is 4.79 Å². The SMILES string of the molecule is CCCCNC(=O)c1cnc(Nc2ccc(Br)cc2)nc1. The van der Waals surface area contributed by atoms with Crippen LogP contribution in [0.4, 0.5) is 11.6 Å². The molecular weight excluding hydrogens is 332 g/mol. The van der Waals surface area contributed by atoms with Gasteiger partial charge in [-0.2, -0.15) is 0 Å². The van der Waals surface area contributed by atoms with Gasteiger partial charge < -0.3 is 10.6 Å². The lowest BCUT2D eigenvalue weighted by atomic mass is 10.3. The minimum atomic E-state index is -0.140. The highest BCUT2D eigenvalue weighted by Crippen LogP contribution is 2.16. The zero-order chi connectivity index (χ0) is 15.1. The van der Waals surface area contributed by atoms with Crippen LogP contribution in [0.15, 0.2) is 41.1 Å². The van der Waals surface area contributed by atoms with Gasteiger partial charge in [0.1, 0.15) is 0 Å². The highest BCUT2D eigenvalue weighted by Gasteiger charge is 2.06. The fourth-order valence-electron chi connectivity index (χ4n) is 1.65. The maximum atomic E-state index is 11.8. The van der Waals surface area contributed by atoms with Crippen molar-refractivity contribution in [2.45, 2.75) is 19.8 Å². The molecule has 5 nitrogen and oxygen atoms in total. The molecule has 0 aliphatic rings. The molecule has 0 saturated carbocycles. The first-order valence-corrected chi connectivity index (χ1v) is 7.61.